The molecule has 4 nitrogen and oxygen atoms in total. The maximum Gasteiger partial charge on any atom is 0.136 e. The summed E-state index contributed by atoms with van der Waals surface area (Å²) in [7, 11) is 1.59. The van der Waals surface area contributed by atoms with Gasteiger partial charge in [-0.15, -0.1) is 0 Å². The molecule has 0 radical (unpaired) electrons. The molecule has 1 aliphatic heterocycles. The highest BCUT2D eigenvalue weighted by Crippen LogP contribution is 2.21. The predicted molar refractivity (Wildman–Crippen MR) is 73.0 cm³/mol. The molecule has 19 heavy (non-hydrogen) atoms. The van der Waals surface area contributed by atoms with Crippen LogP contribution in [0.3, 0.4) is 0 Å². The van der Waals surface area contributed by atoms with Crippen LogP contribution in [0, 0.1) is 11.3 Å². The molecule has 1 aromatic rings. The lowest BCUT2D eigenvalue weighted by atomic mass is 10.1. The van der Waals surface area contributed by atoms with Gasteiger partial charge >= 0.3 is 0 Å². The molecule has 1 atom stereocenters. The van der Waals surface area contributed by atoms with Crippen LogP contribution in [-0.2, 0) is 11.3 Å². The molecule has 1 aliphatic rings. The summed E-state index contributed by atoms with van der Waals surface area (Å²) in [5, 5.41) is 9.11. The quantitative estimate of drug-likeness (QED) is 0.832. The lowest BCUT2D eigenvalue weighted by molar-refractivity contribution is -0.0127. The standard InChI is InChI=1S/C15H20N2O2/c1-3-14-11-19-7-6-17(14)10-12-4-5-15(18-2)13(8-12)9-16/h4-5,8,14H,3,6-7,10-11H2,1-2H3. The van der Waals surface area contributed by atoms with Crippen molar-refractivity contribution < 1.29 is 9.47 Å². The van der Waals surface area contributed by atoms with Gasteiger partial charge in [-0.3, -0.25) is 4.90 Å². The Morgan fingerprint density at radius 3 is 3.05 bits per heavy atom. The zero-order chi connectivity index (χ0) is 13.7. The monoisotopic (exact) mass is 260 g/mol. The van der Waals surface area contributed by atoms with Gasteiger partial charge in [0.05, 0.1) is 25.9 Å². The van der Waals surface area contributed by atoms with Gasteiger partial charge in [0.1, 0.15) is 11.8 Å². The number of benzene rings is 1. The first-order valence-corrected chi connectivity index (χ1v) is 6.67. The largest absolute Gasteiger partial charge is 0.495 e. The molecule has 0 amide bonds. The average molecular weight is 260 g/mol. The first kappa shape index (κ1) is 13.9. The number of methoxy groups -OCH3 is 1. The molecule has 0 bridgehead atoms. The number of morpholine rings is 1. The van der Waals surface area contributed by atoms with Crippen molar-refractivity contribution >= 4 is 0 Å². The summed E-state index contributed by atoms with van der Waals surface area (Å²) in [6.45, 7) is 5.59. The van der Waals surface area contributed by atoms with E-state index in [0.29, 0.717) is 17.4 Å². The molecule has 1 unspecified atom stereocenters. The van der Waals surface area contributed by atoms with Gasteiger partial charge < -0.3 is 9.47 Å². The summed E-state index contributed by atoms with van der Waals surface area (Å²) in [4.78, 5) is 2.42. The second-order valence-electron chi connectivity index (χ2n) is 4.75. The molecule has 1 heterocycles. The molecule has 0 N–H and O–H groups in total. The van der Waals surface area contributed by atoms with E-state index >= 15 is 0 Å². The van der Waals surface area contributed by atoms with Crippen LogP contribution in [0.2, 0.25) is 0 Å². The number of rotatable bonds is 4. The zero-order valence-corrected chi connectivity index (χ0v) is 11.6. The van der Waals surface area contributed by atoms with Crippen molar-refractivity contribution in [3.05, 3.63) is 29.3 Å². The molecule has 0 saturated carbocycles. The van der Waals surface area contributed by atoms with E-state index in [1.165, 1.54) is 0 Å². The summed E-state index contributed by atoms with van der Waals surface area (Å²) >= 11 is 0. The minimum Gasteiger partial charge on any atom is -0.495 e. The number of ether oxygens (including phenoxy) is 2. The molecule has 0 spiro atoms. The summed E-state index contributed by atoms with van der Waals surface area (Å²) < 4.78 is 10.7. The van der Waals surface area contributed by atoms with E-state index < -0.39 is 0 Å². The van der Waals surface area contributed by atoms with Crippen molar-refractivity contribution in [2.75, 3.05) is 26.9 Å². The van der Waals surface area contributed by atoms with Crippen LogP contribution in [0.4, 0.5) is 0 Å². The van der Waals surface area contributed by atoms with E-state index in [2.05, 4.69) is 17.9 Å². The van der Waals surface area contributed by atoms with Gasteiger partial charge in [0, 0.05) is 19.1 Å². The lowest BCUT2D eigenvalue weighted by Gasteiger charge is -2.35. The van der Waals surface area contributed by atoms with Crippen LogP contribution >= 0.6 is 0 Å². The van der Waals surface area contributed by atoms with Crippen molar-refractivity contribution in [1.29, 1.82) is 5.26 Å². The molecule has 102 valence electrons. The minimum absolute atomic E-state index is 0.474. The Balaban J connectivity index is 2.12. The van der Waals surface area contributed by atoms with Crippen LogP contribution in [-0.4, -0.2) is 37.8 Å². The Bertz CT molecular complexity index is 468. The van der Waals surface area contributed by atoms with Crippen molar-refractivity contribution in [2.24, 2.45) is 0 Å². The molecule has 2 rings (SSSR count). The molecular formula is C15H20N2O2. The van der Waals surface area contributed by atoms with Gasteiger partial charge in [0.25, 0.3) is 0 Å². The number of nitriles is 1. The first-order chi connectivity index (χ1) is 9.28. The molecule has 4 heteroatoms. The number of nitrogens with zero attached hydrogens (tertiary/aromatic N) is 2. The van der Waals surface area contributed by atoms with E-state index in [9.17, 15) is 0 Å². The van der Waals surface area contributed by atoms with E-state index in [1.807, 2.05) is 18.2 Å². The van der Waals surface area contributed by atoms with Gasteiger partial charge in [-0.2, -0.15) is 5.26 Å². The Labute approximate surface area is 114 Å². The normalized spacial score (nSPS) is 19.9. The minimum atomic E-state index is 0.474. The zero-order valence-electron chi connectivity index (χ0n) is 11.6. The highest BCUT2D eigenvalue weighted by atomic mass is 16.5. The van der Waals surface area contributed by atoms with Gasteiger partial charge in [0.15, 0.2) is 0 Å². The van der Waals surface area contributed by atoms with E-state index in [4.69, 9.17) is 14.7 Å². The third kappa shape index (κ3) is 3.25. The van der Waals surface area contributed by atoms with E-state index in [-0.39, 0.29) is 0 Å². The third-order valence-electron chi connectivity index (χ3n) is 3.59. The van der Waals surface area contributed by atoms with Crippen molar-refractivity contribution in [1.82, 2.24) is 4.90 Å². The second kappa shape index (κ2) is 6.55. The van der Waals surface area contributed by atoms with Gasteiger partial charge in [0.2, 0.25) is 0 Å². The average Bonchev–Trinajstić information content (AvgIpc) is 2.47. The summed E-state index contributed by atoms with van der Waals surface area (Å²) in [6.07, 6.45) is 1.08. The molecule has 0 aliphatic carbocycles. The lowest BCUT2D eigenvalue weighted by Crippen LogP contribution is -2.44. The van der Waals surface area contributed by atoms with E-state index in [1.54, 1.807) is 7.11 Å². The van der Waals surface area contributed by atoms with Gasteiger partial charge in [-0.25, -0.2) is 0 Å². The maximum atomic E-state index is 9.11. The van der Waals surface area contributed by atoms with Crippen LogP contribution < -0.4 is 4.74 Å². The summed E-state index contributed by atoms with van der Waals surface area (Å²) in [6, 6.07) is 8.47. The molecule has 1 saturated heterocycles. The fourth-order valence-electron chi connectivity index (χ4n) is 2.45. The smallest absolute Gasteiger partial charge is 0.136 e. The summed E-state index contributed by atoms with van der Waals surface area (Å²) in [5.74, 6) is 0.639. The van der Waals surface area contributed by atoms with Crippen LogP contribution in [0.5, 0.6) is 5.75 Å². The molecule has 1 fully saturated rings. The SMILES string of the molecule is CCC1COCCN1Cc1ccc(OC)c(C#N)c1. The Morgan fingerprint density at radius 2 is 2.37 bits per heavy atom. The molecule has 1 aromatic carbocycles. The highest BCUT2D eigenvalue weighted by molar-refractivity contribution is 5.45. The Morgan fingerprint density at radius 1 is 1.53 bits per heavy atom. The topological polar surface area (TPSA) is 45.5 Å². The number of hydrogen-bond acceptors (Lipinski definition) is 4. The Hall–Kier alpha value is -1.57. The Kier molecular flexibility index (Phi) is 4.78. The van der Waals surface area contributed by atoms with Crippen molar-refractivity contribution in [2.45, 2.75) is 25.9 Å². The molecular weight excluding hydrogens is 240 g/mol. The first-order valence-electron chi connectivity index (χ1n) is 6.67. The van der Waals surface area contributed by atoms with Crippen LogP contribution in [0.25, 0.3) is 0 Å². The van der Waals surface area contributed by atoms with Crippen LogP contribution in [0.15, 0.2) is 18.2 Å². The molecule has 0 aromatic heterocycles. The van der Waals surface area contributed by atoms with Crippen molar-refractivity contribution in [3.63, 3.8) is 0 Å². The highest BCUT2D eigenvalue weighted by Gasteiger charge is 2.21. The van der Waals surface area contributed by atoms with Crippen LogP contribution in [0.1, 0.15) is 24.5 Å². The van der Waals surface area contributed by atoms with Crippen molar-refractivity contribution in [3.8, 4) is 11.8 Å². The van der Waals surface area contributed by atoms with Gasteiger partial charge in [-0.05, 0) is 24.1 Å². The fourth-order valence-corrected chi connectivity index (χ4v) is 2.45. The second-order valence-corrected chi connectivity index (χ2v) is 4.75. The fraction of sp³-hybridized carbons (Fsp3) is 0.533. The third-order valence-corrected chi connectivity index (χ3v) is 3.59. The van der Waals surface area contributed by atoms with Gasteiger partial charge in [-0.1, -0.05) is 13.0 Å². The number of hydrogen-bond donors (Lipinski definition) is 0. The van der Waals surface area contributed by atoms with E-state index in [0.717, 1.165) is 38.3 Å². The summed E-state index contributed by atoms with van der Waals surface area (Å²) in [5.41, 5.74) is 1.75. The predicted octanol–water partition coefficient (Wildman–Crippen LogP) is 2.18. The maximum absolute atomic E-state index is 9.11.